The number of hydrogen-bond donors (Lipinski definition) is 1. The van der Waals surface area contributed by atoms with Crippen LogP contribution < -0.4 is 9.47 Å². The van der Waals surface area contributed by atoms with Crippen LogP contribution in [0.1, 0.15) is 18.1 Å². The van der Waals surface area contributed by atoms with Crippen LogP contribution >= 0.6 is 0 Å². The van der Waals surface area contributed by atoms with Crippen molar-refractivity contribution in [2.75, 3.05) is 14.2 Å². The summed E-state index contributed by atoms with van der Waals surface area (Å²) in [5.41, 5.74) is 0.474. The molecule has 0 saturated carbocycles. The van der Waals surface area contributed by atoms with Crippen LogP contribution in [0.5, 0.6) is 11.5 Å². The van der Waals surface area contributed by atoms with Crippen LogP contribution in [0, 0.1) is 6.92 Å². The molecule has 0 radical (unpaired) electrons. The van der Waals surface area contributed by atoms with Gasteiger partial charge in [0.1, 0.15) is 17.1 Å². The highest BCUT2D eigenvalue weighted by atomic mass is 16.5. The summed E-state index contributed by atoms with van der Waals surface area (Å²) >= 11 is 0. The van der Waals surface area contributed by atoms with Crippen molar-refractivity contribution in [3.8, 4) is 11.5 Å². The first-order valence-corrected chi connectivity index (χ1v) is 5.05. The molecule has 1 aromatic carbocycles. The van der Waals surface area contributed by atoms with Gasteiger partial charge in [0.25, 0.3) is 0 Å². The smallest absolute Gasteiger partial charge is 0.125 e. The molecule has 0 fully saturated rings. The molecule has 0 heterocycles. The van der Waals surface area contributed by atoms with E-state index in [0.717, 1.165) is 11.3 Å². The minimum absolute atomic E-state index is 0.628. The van der Waals surface area contributed by atoms with Gasteiger partial charge in [0.15, 0.2) is 0 Å². The highest BCUT2D eigenvalue weighted by Gasteiger charge is 2.24. The van der Waals surface area contributed by atoms with E-state index >= 15 is 0 Å². The Bertz CT molecular complexity index is 394. The van der Waals surface area contributed by atoms with Crippen molar-refractivity contribution in [1.29, 1.82) is 0 Å². The van der Waals surface area contributed by atoms with Crippen molar-refractivity contribution >= 4 is 0 Å². The molecular weight excluding hydrogens is 204 g/mol. The molecule has 1 atom stereocenters. The Morgan fingerprint density at radius 3 is 2.25 bits per heavy atom. The Labute approximate surface area is 96.3 Å². The molecule has 0 bridgehead atoms. The van der Waals surface area contributed by atoms with Crippen molar-refractivity contribution in [3.05, 3.63) is 35.9 Å². The molecule has 0 aliphatic heterocycles. The molecule has 1 N–H and O–H groups in total. The van der Waals surface area contributed by atoms with Crippen LogP contribution in [0.4, 0.5) is 0 Å². The van der Waals surface area contributed by atoms with E-state index in [0.29, 0.717) is 11.3 Å². The van der Waals surface area contributed by atoms with Crippen molar-refractivity contribution in [2.24, 2.45) is 0 Å². The largest absolute Gasteiger partial charge is 0.496 e. The summed E-state index contributed by atoms with van der Waals surface area (Å²) in [7, 11) is 3.17. The Balaban J connectivity index is 3.41. The topological polar surface area (TPSA) is 38.7 Å². The Morgan fingerprint density at radius 1 is 1.25 bits per heavy atom. The van der Waals surface area contributed by atoms with Crippen LogP contribution in [0.25, 0.3) is 0 Å². The summed E-state index contributed by atoms with van der Waals surface area (Å²) in [6.45, 7) is 7.20. The van der Waals surface area contributed by atoms with Gasteiger partial charge in [-0.1, -0.05) is 12.7 Å². The van der Waals surface area contributed by atoms with Gasteiger partial charge >= 0.3 is 0 Å². The van der Waals surface area contributed by atoms with Crippen molar-refractivity contribution in [2.45, 2.75) is 19.4 Å². The quantitative estimate of drug-likeness (QED) is 0.795. The third-order valence-electron chi connectivity index (χ3n) is 2.66. The van der Waals surface area contributed by atoms with Crippen molar-refractivity contribution < 1.29 is 14.6 Å². The average molecular weight is 222 g/mol. The molecule has 0 aliphatic rings. The minimum atomic E-state index is -1.13. The predicted octanol–water partition coefficient (Wildman–Crippen LogP) is 2.41. The molecule has 1 aromatic rings. The molecule has 0 saturated heterocycles. The summed E-state index contributed by atoms with van der Waals surface area (Å²) in [5, 5.41) is 10.2. The van der Waals surface area contributed by atoms with Crippen LogP contribution in [-0.4, -0.2) is 19.3 Å². The molecule has 0 amide bonds. The fourth-order valence-corrected chi connectivity index (χ4v) is 1.56. The molecular formula is C13H18O3. The average Bonchev–Trinajstić information content (AvgIpc) is 2.28. The monoisotopic (exact) mass is 222 g/mol. The third kappa shape index (κ3) is 2.19. The van der Waals surface area contributed by atoms with Gasteiger partial charge in [-0.2, -0.15) is 0 Å². The number of aliphatic hydroxyl groups is 1. The predicted molar refractivity (Wildman–Crippen MR) is 64.1 cm³/mol. The highest BCUT2D eigenvalue weighted by Crippen LogP contribution is 2.35. The fourth-order valence-electron chi connectivity index (χ4n) is 1.56. The number of methoxy groups -OCH3 is 2. The van der Waals surface area contributed by atoms with Crippen LogP contribution in [-0.2, 0) is 5.60 Å². The Morgan fingerprint density at radius 2 is 1.81 bits per heavy atom. The standard InChI is InChI=1S/C13H18O3/c1-6-13(3,14)10-8-11(15-4)9(2)7-12(10)16-5/h6-8,14H,1H2,2-5H3. The number of benzene rings is 1. The lowest BCUT2D eigenvalue weighted by molar-refractivity contribution is 0.108. The zero-order chi connectivity index (χ0) is 12.3. The Hall–Kier alpha value is -1.48. The van der Waals surface area contributed by atoms with E-state index in [2.05, 4.69) is 6.58 Å². The number of aryl methyl sites for hydroxylation is 1. The first-order chi connectivity index (χ1) is 7.46. The van der Waals surface area contributed by atoms with Gasteiger partial charge in [-0.25, -0.2) is 0 Å². The van der Waals surface area contributed by atoms with Gasteiger partial charge in [-0.05, 0) is 31.5 Å². The lowest BCUT2D eigenvalue weighted by Crippen LogP contribution is -2.18. The maximum atomic E-state index is 10.2. The van der Waals surface area contributed by atoms with E-state index < -0.39 is 5.60 Å². The molecule has 88 valence electrons. The lowest BCUT2D eigenvalue weighted by Gasteiger charge is -2.23. The molecule has 0 spiro atoms. The number of rotatable bonds is 4. The second-order valence-electron chi connectivity index (χ2n) is 3.87. The van der Waals surface area contributed by atoms with Crippen LogP contribution in [0.3, 0.4) is 0 Å². The van der Waals surface area contributed by atoms with E-state index in [1.165, 1.54) is 6.08 Å². The maximum Gasteiger partial charge on any atom is 0.125 e. The number of hydrogen-bond acceptors (Lipinski definition) is 3. The molecule has 3 nitrogen and oxygen atoms in total. The summed E-state index contributed by atoms with van der Waals surface area (Å²) in [6.07, 6.45) is 1.47. The van der Waals surface area contributed by atoms with Crippen LogP contribution in [0.15, 0.2) is 24.8 Å². The molecule has 3 heteroatoms. The maximum absolute atomic E-state index is 10.2. The fraction of sp³-hybridized carbons (Fsp3) is 0.385. The molecule has 0 aromatic heterocycles. The van der Waals surface area contributed by atoms with Gasteiger partial charge in [-0.15, -0.1) is 0 Å². The molecule has 1 unspecified atom stereocenters. The van der Waals surface area contributed by atoms with Crippen molar-refractivity contribution in [1.82, 2.24) is 0 Å². The van der Waals surface area contributed by atoms with Crippen molar-refractivity contribution in [3.63, 3.8) is 0 Å². The van der Waals surface area contributed by atoms with Gasteiger partial charge in [0.2, 0.25) is 0 Å². The van der Waals surface area contributed by atoms with E-state index in [9.17, 15) is 5.11 Å². The van der Waals surface area contributed by atoms with E-state index in [4.69, 9.17) is 9.47 Å². The van der Waals surface area contributed by atoms with E-state index in [1.807, 2.05) is 13.0 Å². The zero-order valence-corrected chi connectivity index (χ0v) is 10.2. The van der Waals surface area contributed by atoms with E-state index in [-0.39, 0.29) is 0 Å². The summed E-state index contributed by atoms with van der Waals surface area (Å²) in [4.78, 5) is 0. The SMILES string of the molecule is C=CC(C)(O)c1cc(OC)c(C)cc1OC. The molecule has 0 aliphatic carbocycles. The minimum Gasteiger partial charge on any atom is -0.496 e. The van der Waals surface area contributed by atoms with E-state index in [1.54, 1.807) is 27.2 Å². The lowest BCUT2D eigenvalue weighted by atomic mass is 9.94. The van der Waals surface area contributed by atoms with Gasteiger partial charge in [0, 0.05) is 5.56 Å². The third-order valence-corrected chi connectivity index (χ3v) is 2.66. The van der Waals surface area contributed by atoms with Gasteiger partial charge in [-0.3, -0.25) is 0 Å². The first-order valence-electron chi connectivity index (χ1n) is 5.05. The normalized spacial score (nSPS) is 14.1. The summed E-state index contributed by atoms with van der Waals surface area (Å²) in [6, 6.07) is 3.61. The van der Waals surface area contributed by atoms with Crippen LogP contribution in [0.2, 0.25) is 0 Å². The number of ether oxygens (including phenoxy) is 2. The Kier molecular flexibility index (Phi) is 3.60. The second kappa shape index (κ2) is 4.58. The van der Waals surface area contributed by atoms with Gasteiger partial charge in [0.05, 0.1) is 14.2 Å². The van der Waals surface area contributed by atoms with Gasteiger partial charge < -0.3 is 14.6 Å². The zero-order valence-electron chi connectivity index (χ0n) is 10.2. The summed E-state index contributed by atoms with van der Waals surface area (Å²) < 4.78 is 10.5. The molecule has 1 rings (SSSR count). The highest BCUT2D eigenvalue weighted by molar-refractivity contribution is 5.49. The first kappa shape index (κ1) is 12.6. The second-order valence-corrected chi connectivity index (χ2v) is 3.87. The summed E-state index contributed by atoms with van der Waals surface area (Å²) in [5.74, 6) is 1.35. The molecule has 16 heavy (non-hydrogen) atoms.